The topological polar surface area (TPSA) is 63.3 Å². The number of carbonyl (C=O) groups is 1. The molecule has 0 saturated heterocycles. The molecule has 1 aromatic carbocycles. The van der Waals surface area contributed by atoms with Crippen LogP contribution in [0.2, 0.25) is 0 Å². The minimum atomic E-state index is -0.733. The van der Waals surface area contributed by atoms with Crippen molar-refractivity contribution in [2.45, 2.75) is 30.7 Å². The second kappa shape index (κ2) is 3.57. The lowest BCUT2D eigenvalue weighted by atomic mass is 9.73. The number of benzene rings is 1. The van der Waals surface area contributed by atoms with Crippen LogP contribution < -0.4 is 5.73 Å². The van der Waals surface area contributed by atoms with E-state index in [9.17, 15) is 9.90 Å². The molecule has 4 unspecified atom stereocenters. The smallest absolute Gasteiger partial charge is 0.309 e. The fourth-order valence-electron chi connectivity index (χ4n) is 3.90. The predicted octanol–water partition coefficient (Wildman–Crippen LogP) is 1.98. The first kappa shape index (κ1) is 10.8. The van der Waals surface area contributed by atoms with Gasteiger partial charge in [0.15, 0.2) is 0 Å². The van der Waals surface area contributed by atoms with Crippen molar-refractivity contribution in [1.29, 1.82) is 0 Å². The maximum Gasteiger partial charge on any atom is 0.309 e. The molecule has 3 heteroatoms. The van der Waals surface area contributed by atoms with Gasteiger partial charge >= 0.3 is 5.97 Å². The van der Waals surface area contributed by atoms with Gasteiger partial charge in [-0.05, 0) is 30.7 Å². The molecule has 2 fully saturated rings. The van der Waals surface area contributed by atoms with Crippen LogP contribution >= 0.6 is 0 Å². The SMILES string of the molecule is NC12CCC(C1)C(c1ccccc1)C2C(=O)O. The second-order valence-electron chi connectivity index (χ2n) is 5.49. The molecule has 0 aliphatic heterocycles. The van der Waals surface area contributed by atoms with Crippen molar-refractivity contribution in [2.75, 3.05) is 0 Å². The molecule has 0 radical (unpaired) electrons. The van der Waals surface area contributed by atoms with Gasteiger partial charge in [0.25, 0.3) is 0 Å². The van der Waals surface area contributed by atoms with Crippen LogP contribution in [-0.4, -0.2) is 16.6 Å². The number of aliphatic carboxylic acids is 1. The fraction of sp³-hybridized carbons (Fsp3) is 0.500. The third-order valence-electron chi connectivity index (χ3n) is 4.56. The molecule has 1 aromatic rings. The summed E-state index contributed by atoms with van der Waals surface area (Å²) < 4.78 is 0. The van der Waals surface area contributed by atoms with Crippen molar-refractivity contribution in [2.24, 2.45) is 17.6 Å². The van der Waals surface area contributed by atoms with E-state index in [4.69, 9.17) is 5.73 Å². The summed E-state index contributed by atoms with van der Waals surface area (Å²) in [6, 6.07) is 9.98. The molecule has 3 N–H and O–H groups in total. The average molecular weight is 231 g/mol. The summed E-state index contributed by atoms with van der Waals surface area (Å²) >= 11 is 0. The molecule has 0 spiro atoms. The normalized spacial score (nSPS) is 39.5. The molecular weight excluding hydrogens is 214 g/mol. The van der Waals surface area contributed by atoms with Gasteiger partial charge in [-0.3, -0.25) is 4.79 Å². The first-order valence-electron chi connectivity index (χ1n) is 6.18. The number of nitrogens with two attached hydrogens (primary N) is 1. The number of rotatable bonds is 2. The zero-order chi connectivity index (χ0) is 12.0. The van der Waals surface area contributed by atoms with Crippen molar-refractivity contribution in [3.05, 3.63) is 35.9 Å². The van der Waals surface area contributed by atoms with Crippen LogP contribution in [0.3, 0.4) is 0 Å². The Bertz CT molecular complexity index is 445. The molecule has 4 atom stereocenters. The minimum absolute atomic E-state index is 0.104. The highest BCUT2D eigenvalue weighted by Crippen LogP contribution is 2.57. The van der Waals surface area contributed by atoms with E-state index < -0.39 is 17.4 Å². The molecular formula is C14H17NO2. The van der Waals surface area contributed by atoms with Crippen LogP contribution in [-0.2, 0) is 4.79 Å². The van der Waals surface area contributed by atoms with E-state index in [1.54, 1.807) is 0 Å². The van der Waals surface area contributed by atoms with Gasteiger partial charge in [0.05, 0.1) is 5.92 Å². The third-order valence-corrected chi connectivity index (χ3v) is 4.56. The van der Waals surface area contributed by atoms with Gasteiger partial charge < -0.3 is 10.8 Å². The van der Waals surface area contributed by atoms with E-state index in [0.29, 0.717) is 5.92 Å². The van der Waals surface area contributed by atoms with E-state index >= 15 is 0 Å². The average Bonchev–Trinajstić information content (AvgIpc) is 2.82. The third kappa shape index (κ3) is 1.49. The molecule has 2 bridgehead atoms. The Kier molecular flexibility index (Phi) is 2.26. The van der Waals surface area contributed by atoms with Gasteiger partial charge in [-0.1, -0.05) is 30.3 Å². The summed E-state index contributed by atoms with van der Waals surface area (Å²) in [5.74, 6) is -0.594. The molecule has 17 heavy (non-hydrogen) atoms. The monoisotopic (exact) mass is 231 g/mol. The van der Waals surface area contributed by atoms with Crippen LogP contribution in [0.25, 0.3) is 0 Å². The molecule has 3 nitrogen and oxygen atoms in total. The van der Waals surface area contributed by atoms with E-state index in [0.717, 1.165) is 24.8 Å². The lowest BCUT2D eigenvalue weighted by Gasteiger charge is -2.34. The molecule has 0 amide bonds. The zero-order valence-corrected chi connectivity index (χ0v) is 9.67. The highest BCUT2D eigenvalue weighted by Gasteiger charge is 2.59. The number of carboxylic acids is 1. The Morgan fingerprint density at radius 3 is 2.71 bits per heavy atom. The number of carboxylic acid groups (broad SMARTS) is 1. The highest BCUT2D eigenvalue weighted by molar-refractivity contribution is 5.74. The summed E-state index contributed by atoms with van der Waals surface area (Å²) in [4.78, 5) is 11.5. The van der Waals surface area contributed by atoms with Crippen LogP contribution in [0.15, 0.2) is 30.3 Å². The summed E-state index contributed by atoms with van der Waals surface area (Å²) in [5, 5.41) is 9.45. The van der Waals surface area contributed by atoms with Gasteiger partial charge in [-0.15, -0.1) is 0 Å². The van der Waals surface area contributed by atoms with Crippen molar-refractivity contribution in [3.63, 3.8) is 0 Å². The number of hydrogen-bond acceptors (Lipinski definition) is 2. The van der Waals surface area contributed by atoms with Crippen molar-refractivity contribution >= 4 is 5.97 Å². The van der Waals surface area contributed by atoms with Crippen LogP contribution in [0.4, 0.5) is 0 Å². The van der Waals surface area contributed by atoms with Gasteiger partial charge in [-0.2, -0.15) is 0 Å². The van der Waals surface area contributed by atoms with Gasteiger partial charge in [0.2, 0.25) is 0 Å². The van der Waals surface area contributed by atoms with E-state index in [-0.39, 0.29) is 5.92 Å². The maximum atomic E-state index is 11.5. The molecule has 2 aliphatic rings. The van der Waals surface area contributed by atoms with Gasteiger partial charge in [0.1, 0.15) is 0 Å². The van der Waals surface area contributed by atoms with Crippen LogP contribution in [0, 0.1) is 11.8 Å². The fourth-order valence-corrected chi connectivity index (χ4v) is 3.90. The first-order chi connectivity index (χ1) is 8.12. The molecule has 90 valence electrons. The van der Waals surface area contributed by atoms with Crippen molar-refractivity contribution in [1.82, 2.24) is 0 Å². The van der Waals surface area contributed by atoms with Crippen LogP contribution in [0.5, 0.6) is 0 Å². The Morgan fingerprint density at radius 1 is 1.35 bits per heavy atom. The number of fused-ring (bicyclic) bond motifs is 2. The Labute approximate surface area is 101 Å². The zero-order valence-electron chi connectivity index (χ0n) is 9.67. The molecule has 2 saturated carbocycles. The lowest BCUT2D eigenvalue weighted by Crippen LogP contribution is -2.48. The maximum absolute atomic E-state index is 11.5. The summed E-state index contributed by atoms with van der Waals surface area (Å²) in [7, 11) is 0. The van der Waals surface area contributed by atoms with Crippen LogP contribution in [0.1, 0.15) is 30.7 Å². The predicted molar refractivity (Wildman–Crippen MR) is 64.6 cm³/mol. The van der Waals surface area contributed by atoms with Gasteiger partial charge in [-0.25, -0.2) is 0 Å². The number of hydrogen-bond donors (Lipinski definition) is 2. The molecule has 0 aromatic heterocycles. The summed E-state index contributed by atoms with van der Waals surface area (Å²) in [5.41, 5.74) is 6.95. The second-order valence-corrected chi connectivity index (χ2v) is 5.49. The van der Waals surface area contributed by atoms with E-state index in [1.165, 1.54) is 0 Å². The van der Waals surface area contributed by atoms with E-state index in [1.807, 2.05) is 30.3 Å². The molecule has 2 aliphatic carbocycles. The Balaban J connectivity index is 2.02. The molecule has 3 rings (SSSR count). The largest absolute Gasteiger partial charge is 0.481 e. The van der Waals surface area contributed by atoms with Gasteiger partial charge in [0, 0.05) is 11.5 Å². The highest BCUT2D eigenvalue weighted by atomic mass is 16.4. The standard InChI is InChI=1S/C14H17NO2/c15-14-7-6-10(8-14)11(12(14)13(16)17)9-4-2-1-3-5-9/h1-5,10-12H,6-8,15H2,(H,16,17). The van der Waals surface area contributed by atoms with E-state index in [2.05, 4.69) is 0 Å². The lowest BCUT2D eigenvalue weighted by molar-refractivity contribution is -0.144. The Hall–Kier alpha value is -1.35. The quantitative estimate of drug-likeness (QED) is 0.818. The van der Waals surface area contributed by atoms with Crippen molar-refractivity contribution < 1.29 is 9.90 Å². The summed E-state index contributed by atoms with van der Waals surface area (Å²) in [6.07, 6.45) is 2.79. The molecule has 0 heterocycles. The van der Waals surface area contributed by atoms with Crippen molar-refractivity contribution in [3.8, 4) is 0 Å². The summed E-state index contributed by atoms with van der Waals surface area (Å²) in [6.45, 7) is 0. The Morgan fingerprint density at radius 2 is 2.06 bits per heavy atom. The minimum Gasteiger partial charge on any atom is -0.481 e. The first-order valence-corrected chi connectivity index (χ1v) is 6.18.